The van der Waals surface area contributed by atoms with Gasteiger partial charge in [0.25, 0.3) is 0 Å². The minimum absolute atomic E-state index is 0.621. The van der Waals surface area contributed by atoms with E-state index in [9.17, 15) is 26.3 Å². The van der Waals surface area contributed by atoms with Crippen molar-refractivity contribution in [1.82, 2.24) is 0 Å². The fourth-order valence-electron chi connectivity index (χ4n) is 0.926. The quantitative estimate of drug-likeness (QED) is 0.693. The third-order valence-electron chi connectivity index (χ3n) is 1.77. The fraction of sp³-hybridized carbons (Fsp3) is 0.333. The Morgan fingerprint density at radius 3 is 1.87 bits per heavy atom. The van der Waals surface area contributed by atoms with E-state index in [1.807, 2.05) is 0 Å². The summed E-state index contributed by atoms with van der Waals surface area (Å²) < 4.78 is 74.4. The average molecular weight is 227 g/mol. The number of rotatable bonds is 3. The van der Waals surface area contributed by atoms with Crippen LogP contribution in [0.1, 0.15) is 5.56 Å². The molecule has 15 heavy (non-hydrogen) atoms. The summed E-state index contributed by atoms with van der Waals surface area (Å²) in [6.07, 6.45) is -4.42. The Hall–Kier alpha value is -1.20. The van der Waals surface area contributed by atoms with Crippen LogP contribution in [0.2, 0.25) is 0 Å². The van der Waals surface area contributed by atoms with Crippen molar-refractivity contribution in [1.29, 1.82) is 0 Å². The Bertz CT molecular complexity index is 319. The van der Waals surface area contributed by atoms with Crippen LogP contribution < -0.4 is 0 Å². The minimum Gasteiger partial charge on any atom is -0.203 e. The predicted molar refractivity (Wildman–Crippen MR) is 40.1 cm³/mol. The normalized spacial score (nSPS) is 13.3. The number of hydrogen-bond acceptors (Lipinski definition) is 0. The maximum atomic E-state index is 12.9. The molecule has 1 aromatic rings. The van der Waals surface area contributed by atoms with Gasteiger partial charge in [-0.25, -0.2) is 8.78 Å². The Balaban J connectivity index is 3.13. The van der Waals surface area contributed by atoms with E-state index >= 15 is 0 Å². The molecule has 0 bridgehead atoms. The molecule has 0 aromatic heterocycles. The zero-order valence-electron chi connectivity index (χ0n) is 7.15. The van der Waals surface area contributed by atoms with Crippen molar-refractivity contribution < 1.29 is 26.3 Å². The summed E-state index contributed by atoms with van der Waals surface area (Å²) in [5.74, 6) is -10.3. The van der Waals surface area contributed by atoms with E-state index in [0.717, 1.165) is 12.1 Å². The maximum absolute atomic E-state index is 12.9. The number of halogens is 6. The highest BCUT2D eigenvalue weighted by Crippen LogP contribution is 2.46. The van der Waals surface area contributed by atoms with Gasteiger partial charge < -0.3 is 0 Å². The van der Waals surface area contributed by atoms with E-state index in [0.29, 0.717) is 12.1 Å². The lowest BCUT2D eigenvalue weighted by Gasteiger charge is -2.25. The van der Waals surface area contributed by atoms with Crippen LogP contribution in [0.5, 0.6) is 0 Å². The molecule has 1 rings (SSSR count). The molecule has 0 N–H and O–H groups in total. The molecule has 0 aliphatic carbocycles. The van der Waals surface area contributed by atoms with Crippen molar-refractivity contribution >= 4 is 0 Å². The molecule has 0 saturated carbocycles. The topological polar surface area (TPSA) is 0 Å². The first-order valence-corrected chi connectivity index (χ1v) is 3.80. The molecule has 0 spiro atoms. The maximum Gasteiger partial charge on any atom is 0.373 e. The first-order valence-electron chi connectivity index (χ1n) is 3.80. The summed E-state index contributed by atoms with van der Waals surface area (Å²) in [5, 5.41) is 0. The second-order valence-electron chi connectivity index (χ2n) is 2.79. The van der Waals surface area contributed by atoms with Crippen LogP contribution in [-0.4, -0.2) is 12.3 Å². The Labute approximate surface area is 81.5 Å². The number of alkyl halides is 6. The van der Waals surface area contributed by atoms with Crippen LogP contribution in [0.3, 0.4) is 0 Å². The van der Waals surface area contributed by atoms with Crippen molar-refractivity contribution in [3.63, 3.8) is 0 Å². The van der Waals surface area contributed by atoms with Gasteiger partial charge in [-0.2, -0.15) is 17.6 Å². The molecule has 0 fully saturated rings. The van der Waals surface area contributed by atoms with E-state index < -0.39 is 23.8 Å². The van der Waals surface area contributed by atoms with Gasteiger partial charge in [-0.1, -0.05) is 24.3 Å². The Kier molecular flexibility index (Phi) is 2.97. The first-order chi connectivity index (χ1) is 6.80. The lowest BCUT2D eigenvalue weighted by molar-refractivity contribution is -0.270. The summed E-state index contributed by atoms with van der Waals surface area (Å²) in [6.45, 7) is 0. The molecule has 0 heterocycles. The van der Waals surface area contributed by atoms with Crippen LogP contribution in [0.15, 0.2) is 24.3 Å². The third-order valence-corrected chi connectivity index (χ3v) is 1.77. The monoisotopic (exact) mass is 227 g/mol. The van der Waals surface area contributed by atoms with Crippen LogP contribution in [0.25, 0.3) is 0 Å². The minimum atomic E-state index is -5.38. The summed E-state index contributed by atoms with van der Waals surface area (Å²) in [6, 6.07) is 5.46. The zero-order valence-corrected chi connectivity index (χ0v) is 7.15. The SMILES string of the molecule is FC(F)C(F)(F)C(F)(F)c1cc[c]cc1. The highest BCUT2D eigenvalue weighted by Gasteiger charge is 2.63. The largest absolute Gasteiger partial charge is 0.373 e. The molecule has 0 aliphatic heterocycles. The lowest BCUT2D eigenvalue weighted by atomic mass is 10.0. The second kappa shape index (κ2) is 3.75. The summed E-state index contributed by atoms with van der Waals surface area (Å²) >= 11 is 0. The van der Waals surface area contributed by atoms with Crippen LogP contribution in [0, 0.1) is 6.07 Å². The van der Waals surface area contributed by atoms with Gasteiger partial charge in [-0.05, 0) is 6.07 Å². The molecule has 0 nitrogen and oxygen atoms in total. The van der Waals surface area contributed by atoms with Gasteiger partial charge in [-0.3, -0.25) is 0 Å². The standard InChI is InChI=1S/C9H5F6/c10-7(11)9(14,15)8(12,13)6-4-2-1-3-5-6/h2-5,7H. The van der Waals surface area contributed by atoms with Crippen molar-refractivity contribution in [2.24, 2.45) is 0 Å². The van der Waals surface area contributed by atoms with Crippen molar-refractivity contribution in [2.45, 2.75) is 18.3 Å². The predicted octanol–water partition coefficient (Wildman–Crippen LogP) is 3.48. The van der Waals surface area contributed by atoms with Gasteiger partial charge in [0.05, 0.1) is 0 Å². The highest BCUT2D eigenvalue weighted by atomic mass is 19.3. The van der Waals surface area contributed by atoms with Gasteiger partial charge >= 0.3 is 18.3 Å². The molecule has 1 radical (unpaired) electrons. The molecule has 1 aromatic carbocycles. The zero-order chi connectivity index (χ0) is 11.7. The molecule has 0 unspecified atom stereocenters. The molecule has 0 aliphatic rings. The van der Waals surface area contributed by atoms with E-state index in [4.69, 9.17) is 0 Å². The van der Waals surface area contributed by atoms with E-state index in [1.165, 1.54) is 0 Å². The van der Waals surface area contributed by atoms with Gasteiger partial charge in [0.2, 0.25) is 0 Å². The van der Waals surface area contributed by atoms with Gasteiger partial charge in [0.15, 0.2) is 0 Å². The van der Waals surface area contributed by atoms with Crippen molar-refractivity contribution in [3.05, 3.63) is 35.9 Å². The molecule has 0 saturated heterocycles. The molecule has 83 valence electrons. The van der Waals surface area contributed by atoms with Crippen LogP contribution in [0.4, 0.5) is 26.3 Å². The summed E-state index contributed by atoms with van der Waals surface area (Å²) in [7, 11) is 0. The molecule has 0 atom stereocenters. The number of benzene rings is 1. The average Bonchev–Trinajstić information content (AvgIpc) is 2.18. The summed E-state index contributed by atoms with van der Waals surface area (Å²) in [4.78, 5) is 0. The molecular formula is C9H5F6. The highest BCUT2D eigenvalue weighted by molar-refractivity contribution is 5.22. The van der Waals surface area contributed by atoms with Crippen LogP contribution in [-0.2, 0) is 5.92 Å². The van der Waals surface area contributed by atoms with E-state index in [-0.39, 0.29) is 0 Å². The Morgan fingerprint density at radius 1 is 1.00 bits per heavy atom. The smallest absolute Gasteiger partial charge is 0.203 e. The number of hydrogen-bond donors (Lipinski definition) is 0. The van der Waals surface area contributed by atoms with E-state index in [1.54, 1.807) is 0 Å². The lowest BCUT2D eigenvalue weighted by Crippen LogP contribution is -2.44. The first kappa shape index (κ1) is 11.9. The fourth-order valence-corrected chi connectivity index (χ4v) is 0.926. The van der Waals surface area contributed by atoms with Gasteiger partial charge in [-0.15, -0.1) is 0 Å². The Morgan fingerprint density at radius 2 is 1.47 bits per heavy atom. The van der Waals surface area contributed by atoms with E-state index in [2.05, 4.69) is 6.07 Å². The van der Waals surface area contributed by atoms with Crippen molar-refractivity contribution in [3.8, 4) is 0 Å². The summed E-state index contributed by atoms with van der Waals surface area (Å²) in [5.41, 5.74) is -1.16. The van der Waals surface area contributed by atoms with Gasteiger partial charge in [0, 0.05) is 5.56 Å². The van der Waals surface area contributed by atoms with Gasteiger partial charge in [0.1, 0.15) is 0 Å². The van der Waals surface area contributed by atoms with Crippen molar-refractivity contribution in [2.75, 3.05) is 0 Å². The molecule has 0 amide bonds. The van der Waals surface area contributed by atoms with Crippen LogP contribution >= 0.6 is 0 Å². The molecule has 6 heteroatoms. The molecular weight excluding hydrogens is 222 g/mol. The third kappa shape index (κ3) is 1.93. The second-order valence-corrected chi connectivity index (χ2v) is 2.79.